The Morgan fingerprint density at radius 3 is 2.53 bits per heavy atom. The molecule has 0 unspecified atom stereocenters. The topological polar surface area (TPSA) is 78.4 Å². The van der Waals surface area contributed by atoms with Crippen molar-refractivity contribution in [2.24, 2.45) is 0 Å². The number of nitrogens with zero attached hydrogens (tertiary/aromatic N) is 2. The van der Waals surface area contributed by atoms with Crippen LogP contribution in [0.1, 0.15) is 0 Å². The lowest BCUT2D eigenvalue weighted by molar-refractivity contribution is -0.202. The molecular weight excluding hydrogens is 245 g/mol. The molecule has 6 nitrogen and oxygen atoms in total. The molecule has 17 heavy (non-hydrogen) atoms. The third-order valence-corrected chi connectivity index (χ3v) is 1.32. The van der Waals surface area contributed by atoms with E-state index in [9.17, 15) is 22.8 Å². The van der Waals surface area contributed by atoms with Gasteiger partial charge in [0.1, 0.15) is 0 Å². The molecule has 0 amide bonds. The van der Waals surface area contributed by atoms with E-state index >= 15 is 0 Å². The second-order valence-corrected chi connectivity index (χ2v) is 2.59. The Morgan fingerprint density at radius 1 is 1.29 bits per heavy atom. The van der Waals surface area contributed by atoms with Gasteiger partial charge < -0.3 is 9.47 Å². The van der Waals surface area contributed by atoms with E-state index in [1.54, 1.807) is 0 Å². The highest BCUT2D eigenvalue weighted by Crippen LogP contribution is 2.16. The summed E-state index contributed by atoms with van der Waals surface area (Å²) in [5, 5.41) is 0. The highest BCUT2D eigenvalue weighted by atomic mass is 19.4. The zero-order valence-corrected chi connectivity index (χ0v) is 8.10. The van der Waals surface area contributed by atoms with Crippen molar-refractivity contribution in [2.75, 3.05) is 6.61 Å². The number of aromatic nitrogens is 2. The van der Waals surface area contributed by atoms with E-state index in [-0.39, 0.29) is 5.88 Å². The maximum Gasteiger partial charge on any atom is 0.491 e. The number of ether oxygens (including phenoxy) is 2. The smallest absolute Gasteiger partial charge is 0.465 e. The van der Waals surface area contributed by atoms with Gasteiger partial charge in [0.15, 0.2) is 6.61 Å². The minimum Gasteiger partial charge on any atom is -0.465 e. The van der Waals surface area contributed by atoms with Gasteiger partial charge in [0.05, 0.1) is 6.20 Å². The Labute approximate surface area is 92.4 Å². The van der Waals surface area contributed by atoms with Crippen LogP contribution in [0, 0.1) is 0 Å². The Kier molecular flexibility index (Phi) is 3.96. The molecule has 0 atom stereocenters. The van der Waals surface area contributed by atoms with Crippen molar-refractivity contribution in [2.45, 2.75) is 6.18 Å². The average molecular weight is 250 g/mol. The molecule has 1 rings (SSSR count). The van der Waals surface area contributed by atoms with Crippen LogP contribution >= 0.6 is 0 Å². The predicted molar refractivity (Wildman–Crippen MR) is 44.7 cm³/mol. The molecule has 0 aliphatic carbocycles. The van der Waals surface area contributed by atoms with Crippen molar-refractivity contribution in [3.63, 3.8) is 0 Å². The number of esters is 2. The Morgan fingerprint density at radius 2 is 2.00 bits per heavy atom. The molecule has 0 aliphatic heterocycles. The number of carbonyl (C=O) groups excluding carboxylic acids is 2. The first-order valence-electron chi connectivity index (χ1n) is 4.10. The van der Waals surface area contributed by atoms with E-state index in [1.165, 1.54) is 12.4 Å². The summed E-state index contributed by atoms with van der Waals surface area (Å²) >= 11 is 0. The normalized spacial score (nSPS) is 10.8. The zero-order chi connectivity index (χ0) is 12.9. The van der Waals surface area contributed by atoms with Crippen LogP contribution in [-0.2, 0) is 14.3 Å². The lowest BCUT2D eigenvalue weighted by atomic mass is 10.6. The maximum atomic E-state index is 11.7. The molecular formula is C8H5F3N2O4. The number of halogens is 3. The lowest BCUT2D eigenvalue weighted by Gasteiger charge is -2.06. The van der Waals surface area contributed by atoms with Gasteiger partial charge in [0.25, 0.3) is 0 Å². The molecule has 1 aromatic heterocycles. The van der Waals surface area contributed by atoms with Gasteiger partial charge >= 0.3 is 18.1 Å². The Balaban J connectivity index is 2.39. The summed E-state index contributed by atoms with van der Waals surface area (Å²) < 4.78 is 43.1. The van der Waals surface area contributed by atoms with E-state index in [0.29, 0.717) is 0 Å². The van der Waals surface area contributed by atoms with Crippen molar-refractivity contribution in [3.8, 4) is 5.88 Å². The molecule has 9 heteroatoms. The van der Waals surface area contributed by atoms with E-state index < -0.39 is 24.7 Å². The van der Waals surface area contributed by atoms with E-state index in [0.717, 1.165) is 6.20 Å². The second kappa shape index (κ2) is 5.23. The second-order valence-electron chi connectivity index (χ2n) is 2.59. The van der Waals surface area contributed by atoms with Crippen molar-refractivity contribution in [1.82, 2.24) is 9.97 Å². The first kappa shape index (κ1) is 12.9. The van der Waals surface area contributed by atoms with Crippen molar-refractivity contribution >= 4 is 11.9 Å². The standard InChI is InChI=1S/C8H5F3N2O4/c9-8(10,11)7(15)17-6(14)4-16-5-3-12-1-2-13-5/h1-3H,4H2. The van der Waals surface area contributed by atoms with Crippen LogP contribution in [0.15, 0.2) is 18.6 Å². The summed E-state index contributed by atoms with van der Waals surface area (Å²) in [6.45, 7) is -0.874. The van der Waals surface area contributed by atoms with Crippen LogP contribution in [0.3, 0.4) is 0 Å². The minimum absolute atomic E-state index is 0.0797. The summed E-state index contributed by atoms with van der Waals surface area (Å²) in [4.78, 5) is 28.1. The number of rotatable bonds is 3. The minimum atomic E-state index is -5.22. The van der Waals surface area contributed by atoms with Crippen LogP contribution in [0.2, 0.25) is 0 Å². The molecule has 0 spiro atoms. The summed E-state index contributed by atoms with van der Waals surface area (Å²) in [5.74, 6) is -4.15. The van der Waals surface area contributed by atoms with Crippen molar-refractivity contribution in [3.05, 3.63) is 18.6 Å². The first-order valence-corrected chi connectivity index (χ1v) is 4.10. The molecule has 0 N–H and O–H groups in total. The van der Waals surface area contributed by atoms with Crippen molar-refractivity contribution < 1.29 is 32.2 Å². The van der Waals surface area contributed by atoms with Crippen LogP contribution < -0.4 is 4.74 Å². The summed E-state index contributed by atoms with van der Waals surface area (Å²) in [7, 11) is 0. The largest absolute Gasteiger partial charge is 0.491 e. The van der Waals surface area contributed by atoms with Crippen LogP contribution in [-0.4, -0.2) is 34.7 Å². The average Bonchev–Trinajstić information content (AvgIpc) is 2.26. The van der Waals surface area contributed by atoms with Gasteiger partial charge in [0, 0.05) is 12.4 Å². The van der Waals surface area contributed by atoms with Gasteiger partial charge in [0.2, 0.25) is 5.88 Å². The van der Waals surface area contributed by atoms with E-state index in [2.05, 4.69) is 19.4 Å². The highest BCUT2D eigenvalue weighted by molar-refractivity contribution is 5.89. The highest BCUT2D eigenvalue weighted by Gasteiger charge is 2.42. The monoisotopic (exact) mass is 250 g/mol. The molecule has 0 saturated carbocycles. The van der Waals surface area contributed by atoms with Crippen molar-refractivity contribution in [1.29, 1.82) is 0 Å². The van der Waals surface area contributed by atoms with E-state index in [4.69, 9.17) is 0 Å². The maximum absolute atomic E-state index is 11.7. The number of hydrogen-bond acceptors (Lipinski definition) is 6. The molecule has 1 heterocycles. The SMILES string of the molecule is O=C(COc1cnccn1)OC(=O)C(F)(F)F. The fourth-order valence-corrected chi connectivity index (χ4v) is 0.684. The number of alkyl halides is 3. The van der Waals surface area contributed by atoms with Gasteiger partial charge in [-0.1, -0.05) is 0 Å². The molecule has 0 aromatic carbocycles. The molecule has 0 fully saturated rings. The molecule has 1 aromatic rings. The lowest BCUT2D eigenvalue weighted by Crippen LogP contribution is -2.30. The van der Waals surface area contributed by atoms with Gasteiger partial charge in [-0.3, -0.25) is 4.98 Å². The zero-order valence-electron chi connectivity index (χ0n) is 8.10. The summed E-state index contributed by atoms with van der Waals surface area (Å²) in [5.41, 5.74) is 0. The number of carbonyl (C=O) groups is 2. The Bertz CT molecular complexity index is 407. The summed E-state index contributed by atoms with van der Waals surface area (Å²) in [6.07, 6.45) is -1.50. The van der Waals surface area contributed by atoms with Gasteiger partial charge in [-0.25, -0.2) is 14.6 Å². The van der Waals surface area contributed by atoms with Gasteiger partial charge in [-0.15, -0.1) is 0 Å². The fourth-order valence-electron chi connectivity index (χ4n) is 0.684. The van der Waals surface area contributed by atoms with Gasteiger partial charge in [-0.05, 0) is 0 Å². The molecule has 0 radical (unpaired) electrons. The van der Waals surface area contributed by atoms with E-state index in [1.807, 2.05) is 0 Å². The quantitative estimate of drug-likeness (QED) is 0.573. The summed E-state index contributed by atoms with van der Waals surface area (Å²) in [6, 6.07) is 0. The van der Waals surface area contributed by atoms with Crippen LogP contribution in [0.4, 0.5) is 13.2 Å². The van der Waals surface area contributed by atoms with Crippen LogP contribution in [0.5, 0.6) is 5.88 Å². The third kappa shape index (κ3) is 4.45. The molecule has 92 valence electrons. The fraction of sp³-hybridized carbons (Fsp3) is 0.250. The molecule has 0 bridgehead atoms. The predicted octanol–water partition coefficient (Wildman–Crippen LogP) is 0.487. The number of hydrogen-bond donors (Lipinski definition) is 0. The van der Waals surface area contributed by atoms with Gasteiger partial charge in [-0.2, -0.15) is 13.2 Å². The molecule has 0 saturated heterocycles. The van der Waals surface area contributed by atoms with Crippen LogP contribution in [0.25, 0.3) is 0 Å². The Hall–Kier alpha value is -2.19. The third-order valence-electron chi connectivity index (χ3n) is 1.32. The first-order chi connectivity index (χ1) is 7.89. The molecule has 0 aliphatic rings.